The van der Waals surface area contributed by atoms with Gasteiger partial charge < -0.3 is 14.5 Å². The number of rotatable bonds is 6. The molecule has 0 radical (unpaired) electrons. The number of esters is 1. The van der Waals surface area contributed by atoms with Gasteiger partial charge in [-0.25, -0.2) is 4.79 Å². The number of hydrogen-bond donors (Lipinski definition) is 1. The minimum absolute atomic E-state index is 0.120. The molecule has 0 atom stereocenters. The third-order valence-electron chi connectivity index (χ3n) is 3.63. The summed E-state index contributed by atoms with van der Waals surface area (Å²) in [4.78, 5) is 23.8. The Bertz CT molecular complexity index is 1020. The number of alkyl halides is 3. The van der Waals surface area contributed by atoms with Gasteiger partial charge in [0, 0.05) is 18.1 Å². The van der Waals surface area contributed by atoms with E-state index in [0.717, 1.165) is 6.07 Å². The van der Waals surface area contributed by atoms with Crippen molar-refractivity contribution in [1.29, 1.82) is 0 Å². The van der Waals surface area contributed by atoms with E-state index >= 15 is 0 Å². The SMILES string of the molecule is O=C(COC(=O)c1ccc(Cn2cccn2)o1)Nc1ccc(Cl)c(C(F)(F)F)c1. The van der Waals surface area contributed by atoms with Crippen LogP contribution in [0.3, 0.4) is 0 Å². The average molecular weight is 428 g/mol. The molecule has 1 N–H and O–H groups in total. The molecule has 0 aliphatic heterocycles. The summed E-state index contributed by atoms with van der Waals surface area (Å²) in [6.07, 6.45) is -1.36. The molecule has 7 nitrogen and oxygen atoms in total. The lowest BCUT2D eigenvalue weighted by atomic mass is 10.2. The van der Waals surface area contributed by atoms with Gasteiger partial charge in [-0.1, -0.05) is 11.6 Å². The van der Waals surface area contributed by atoms with Gasteiger partial charge in [0.2, 0.25) is 5.76 Å². The fourth-order valence-corrected chi connectivity index (χ4v) is 2.57. The minimum Gasteiger partial charge on any atom is -0.452 e. The quantitative estimate of drug-likeness (QED) is 0.601. The zero-order chi connectivity index (χ0) is 21.0. The number of hydrogen-bond acceptors (Lipinski definition) is 5. The van der Waals surface area contributed by atoms with Crippen molar-refractivity contribution in [2.75, 3.05) is 11.9 Å². The molecule has 152 valence electrons. The van der Waals surface area contributed by atoms with Crippen molar-refractivity contribution in [2.45, 2.75) is 12.7 Å². The van der Waals surface area contributed by atoms with Crippen LogP contribution >= 0.6 is 11.6 Å². The highest BCUT2D eigenvalue weighted by Crippen LogP contribution is 2.36. The van der Waals surface area contributed by atoms with Crippen molar-refractivity contribution in [1.82, 2.24) is 9.78 Å². The van der Waals surface area contributed by atoms with E-state index in [0.29, 0.717) is 18.4 Å². The molecular weight excluding hydrogens is 415 g/mol. The van der Waals surface area contributed by atoms with Crippen LogP contribution in [-0.4, -0.2) is 28.3 Å². The van der Waals surface area contributed by atoms with Crippen molar-refractivity contribution >= 4 is 29.2 Å². The lowest BCUT2D eigenvalue weighted by Gasteiger charge is -2.11. The summed E-state index contributed by atoms with van der Waals surface area (Å²) < 4.78 is 50.3. The molecule has 2 aromatic heterocycles. The van der Waals surface area contributed by atoms with Gasteiger partial charge >= 0.3 is 12.1 Å². The first-order valence-corrected chi connectivity index (χ1v) is 8.50. The fraction of sp³-hybridized carbons (Fsp3) is 0.167. The number of benzene rings is 1. The third-order valence-corrected chi connectivity index (χ3v) is 3.96. The fourth-order valence-electron chi connectivity index (χ4n) is 2.35. The molecule has 2 heterocycles. The normalized spacial score (nSPS) is 11.3. The average Bonchev–Trinajstić information content (AvgIpc) is 3.33. The first-order valence-electron chi connectivity index (χ1n) is 8.12. The van der Waals surface area contributed by atoms with Crippen molar-refractivity contribution < 1.29 is 31.9 Å². The lowest BCUT2D eigenvalue weighted by molar-refractivity contribution is -0.137. The summed E-state index contributed by atoms with van der Waals surface area (Å²) in [5.74, 6) is -1.38. The van der Waals surface area contributed by atoms with Crippen LogP contribution in [0.15, 0.2) is 53.2 Å². The maximum atomic E-state index is 12.8. The maximum absolute atomic E-state index is 12.8. The van der Waals surface area contributed by atoms with E-state index in [4.69, 9.17) is 20.8 Å². The van der Waals surface area contributed by atoms with Crippen molar-refractivity contribution in [3.8, 4) is 0 Å². The number of aromatic nitrogens is 2. The number of carbonyl (C=O) groups is 2. The molecular formula is C18H13ClF3N3O4. The van der Waals surface area contributed by atoms with Crippen molar-refractivity contribution in [3.63, 3.8) is 0 Å². The van der Waals surface area contributed by atoms with Gasteiger partial charge in [0.15, 0.2) is 6.61 Å². The van der Waals surface area contributed by atoms with Gasteiger partial charge in [-0.05, 0) is 36.4 Å². The molecule has 29 heavy (non-hydrogen) atoms. The molecule has 0 saturated carbocycles. The van der Waals surface area contributed by atoms with Crippen LogP contribution < -0.4 is 5.32 Å². The Balaban J connectivity index is 1.54. The number of anilines is 1. The van der Waals surface area contributed by atoms with E-state index in [1.807, 2.05) is 0 Å². The summed E-state index contributed by atoms with van der Waals surface area (Å²) in [5.41, 5.74) is -1.23. The van der Waals surface area contributed by atoms with Gasteiger partial charge in [-0.2, -0.15) is 18.3 Å². The molecule has 1 amide bonds. The van der Waals surface area contributed by atoms with Crippen LogP contribution in [0.1, 0.15) is 21.9 Å². The van der Waals surface area contributed by atoms with Gasteiger partial charge in [-0.15, -0.1) is 0 Å². The van der Waals surface area contributed by atoms with E-state index < -0.39 is 35.2 Å². The number of carbonyl (C=O) groups excluding carboxylic acids is 2. The molecule has 3 rings (SSSR count). The second-order valence-corrected chi connectivity index (χ2v) is 6.19. The standard InChI is InChI=1S/C18H13ClF3N3O4/c19-14-4-2-11(8-13(14)18(20,21)22)24-16(26)10-28-17(27)15-5-3-12(29-15)9-25-7-1-6-23-25/h1-8H,9-10H2,(H,24,26). The molecule has 0 aliphatic carbocycles. The summed E-state index contributed by atoms with van der Waals surface area (Å²) in [6, 6.07) is 7.57. The Labute approximate surface area is 167 Å². The Morgan fingerprint density at radius 1 is 1.24 bits per heavy atom. The van der Waals surface area contributed by atoms with Crippen LogP contribution in [0, 0.1) is 0 Å². The monoisotopic (exact) mass is 427 g/mol. The van der Waals surface area contributed by atoms with E-state index in [9.17, 15) is 22.8 Å². The topological polar surface area (TPSA) is 86.4 Å². The summed E-state index contributed by atoms with van der Waals surface area (Å²) in [5, 5.41) is 5.71. The Hall–Kier alpha value is -3.27. The largest absolute Gasteiger partial charge is 0.452 e. The van der Waals surface area contributed by atoms with Crippen LogP contribution in [-0.2, 0) is 22.3 Å². The zero-order valence-corrected chi connectivity index (χ0v) is 15.3. The number of nitrogens with one attached hydrogen (secondary N) is 1. The first-order chi connectivity index (χ1) is 13.7. The van der Waals surface area contributed by atoms with Crippen LogP contribution in [0.4, 0.5) is 18.9 Å². The molecule has 0 fully saturated rings. The molecule has 1 aromatic carbocycles. The number of amides is 1. The highest BCUT2D eigenvalue weighted by atomic mass is 35.5. The van der Waals surface area contributed by atoms with Gasteiger partial charge in [0.05, 0.1) is 17.1 Å². The second kappa shape index (κ2) is 8.39. The van der Waals surface area contributed by atoms with E-state index in [2.05, 4.69) is 10.4 Å². The summed E-state index contributed by atoms with van der Waals surface area (Å²) in [7, 11) is 0. The molecule has 0 bridgehead atoms. The molecule has 0 saturated heterocycles. The summed E-state index contributed by atoms with van der Waals surface area (Å²) in [6.45, 7) is -0.406. The third kappa shape index (κ3) is 5.38. The number of halogens is 4. The number of furan rings is 1. The predicted octanol–water partition coefficient (Wildman–Crippen LogP) is 3.99. The summed E-state index contributed by atoms with van der Waals surface area (Å²) >= 11 is 5.52. The van der Waals surface area contributed by atoms with E-state index in [-0.39, 0.29) is 11.4 Å². The minimum atomic E-state index is -4.67. The highest BCUT2D eigenvalue weighted by Gasteiger charge is 2.33. The van der Waals surface area contributed by atoms with Crippen LogP contribution in [0.5, 0.6) is 0 Å². The smallest absolute Gasteiger partial charge is 0.417 e. The van der Waals surface area contributed by atoms with Gasteiger partial charge in [0.25, 0.3) is 5.91 Å². The maximum Gasteiger partial charge on any atom is 0.417 e. The number of nitrogens with zero attached hydrogens (tertiary/aromatic N) is 2. The zero-order valence-electron chi connectivity index (χ0n) is 14.6. The Kier molecular flexibility index (Phi) is 5.92. The predicted molar refractivity (Wildman–Crippen MR) is 95.4 cm³/mol. The first kappa shape index (κ1) is 20.5. The van der Waals surface area contributed by atoms with E-state index in [1.165, 1.54) is 12.1 Å². The highest BCUT2D eigenvalue weighted by molar-refractivity contribution is 6.31. The van der Waals surface area contributed by atoms with Crippen molar-refractivity contribution in [2.24, 2.45) is 0 Å². The Morgan fingerprint density at radius 3 is 2.72 bits per heavy atom. The van der Waals surface area contributed by atoms with Crippen molar-refractivity contribution in [3.05, 3.63) is 70.9 Å². The molecule has 0 spiro atoms. The molecule has 3 aromatic rings. The van der Waals surface area contributed by atoms with E-state index in [1.54, 1.807) is 29.2 Å². The van der Waals surface area contributed by atoms with Gasteiger partial charge in [-0.3, -0.25) is 9.48 Å². The number of ether oxygens (including phenoxy) is 1. The molecule has 0 aliphatic rings. The molecule has 0 unspecified atom stereocenters. The second-order valence-electron chi connectivity index (χ2n) is 5.79. The lowest BCUT2D eigenvalue weighted by Crippen LogP contribution is -2.21. The Morgan fingerprint density at radius 2 is 2.03 bits per heavy atom. The molecule has 11 heteroatoms. The van der Waals surface area contributed by atoms with Crippen LogP contribution in [0.2, 0.25) is 5.02 Å². The van der Waals surface area contributed by atoms with Crippen LogP contribution in [0.25, 0.3) is 0 Å². The van der Waals surface area contributed by atoms with Gasteiger partial charge in [0.1, 0.15) is 5.76 Å².